The molecule has 0 saturated carbocycles. The molecule has 0 atom stereocenters. The molecule has 3 nitrogen and oxygen atoms in total. The summed E-state index contributed by atoms with van der Waals surface area (Å²) in [7, 11) is 0. The van der Waals surface area contributed by atoms with E-state index in [0.29, 0.717) is 24.8 Å². The van der Waals surface area contributed by atoms with Crippen LogP contribution in [0.25, 0.3) is 0 Å². The summed E-state index contributed by atoms with van der Waals surface area (Å²) in [6.07, 6.45) is 0.765. The van der Waals surface area contributed by atoms with Gasteiger partial charge >= 0.3 is 0 Å². The Morgan fingerprint density at radius 2 is 2.13 bits per heavy atom. The molecule has 1 aromatic carbocycles. The smallest absolute Gasteiger partial charge is 0.164 e. The molecule has 4 heteroatoms. The maximum Gasteiger partial charge on any atom is 0.164 e. The number of benzene rings is 1. The molecule has 0 saturated heterocycles. The number of nitrogens with two attached hydrogens (primary N) is 1. The van der Waals surface area contributed by atoms with Gasteiger partial charge in [0.2, 0.25) is 0 Å². The Hall–Kier alpha value is -0.930. The number of hydrogen-bond donors (Lipinski definition) is 1. The second kappa shape index (κ2) is 4.29. The summed E-state index contributed by atoms with van der Waals surface area (Å²) in [5.41, 5.74) is 7.65. The van der Waals surface area contributed by atoms with Gasteiger partial charge in [0.25, 0.3) is 0 Å². The van der Waals surface area contributed by atoms with Crippen LogP contribution in [0.2, 0.25) is 5.02 Å². The van der Waals surface area contributed by atoms with Gasteiger partial charge in [-0.3, -0.25) is 0 Å². The molecule has 1 aliphatic heterocycles. The van der Waals surface area contributed by atoms with Crippen molar-refractivity contribution < 1.29 is 9.47 Å². The topological polar surface area (TPSA) is 44.5 Å². The Morgan fingerprint density at radius 1 is 1.40 bits per heavy atom. The molecule has 0 amide bonds. The summed E-state index contributed by atoms with van der Waals surface area (Å²) in [4.78, 5) is 0. The fraction of sp³-hybridized carbons (Fsp3) is 0.455. The largest absolute Gasteiger partial charge is 0.486 e. The van der Waals surface area contributed by atoms with Crippen molar-refractivity contribution in [3.8, 4) is 11.5 Å². The summed E-state index contributed by atoms with van der Waals surface area (Å²) in [5.74, 6) is 1.55. The number of rotatable bonds is 2. The molecular weight excluding hydrogens is 214 g/mol. The van der Waals surface area contributed by atoms with Crippen LogP contribution in [0.3, 0.4) is 0 Å². The predicted molar refractivity (Wildman–Crippen MR) is 59.9 cm³/mol. The Labute approximate surface area is 94.1 Å². The van der Waals surface area contributed by atoms with Crippen LogP contribution in [0, 0.1) is 6.92 Å². The first kappa shape index (κ1) is 10.6. The number of halogens is 1. The number of hydrogen-bond acceptors (Lipinski definition) is 3. The normalized spacial score (nSPS) is 14.1. The van der Waals surface area contributed by atoms with Crippen LogP contribution in [0.4, 0.5) is 0 Å². The molecule has 0 aliphatic carbocycles. The Bertz CT molecular complexity index is 379. The van der Waals surface area contributed by atoms with Gasteiger partial charge < -0.3 is 15.2 Å². The zero-order valence-corrected chi connectivity index (χ0v) is 9.43. The highest BCUT2D eigenvalue weighted by Crippen LogP contribution is 2.39. The van der Waals surface area contributed by atoms with Gasteiger partial charge in [-0.1, -0.05) is 11.6 Å². The minimum atomic E-state index is 0.582. The molecule has 0 fully saturated rings. The Balaban J connectivity index is 2.49. The van der Waals surface area contributed by atoms with Gasteiger partial charge in [-0.25, -0.2) is 0 Å². The third-order valence-electron chi connectivity index (χ3n) is 2.54. The van der Waals surface area contributed by atoms with E-state index in [1.54, 1.807) is 0 Å². The lowest BCUT2D eigenvalue weighted by Gasteiger charge is -2.22. The summed E-state index contributed by atoms with van der Waals surface area (Å²) in [6, 6.07) is 1.81. The molecule has 0 spiro atoms. The Morgan fingerprint density at radius 3 is 2.87 bits per heavy atom. The summed E-state index contributed by atoms with van der Waals surface area (Å²) < 4.78 is 11.0. The molecule has 2 N–H and O–H groups in total. The lowest BCUT2D eigenvalue weighted by molar-refractivity contribution is 0.170. The molecule has 1 heterocycles. The van der Waals surface area contributed by atoms with E-state index in [2.05, 4.69) is 0 Å². The molecule has 0 bridgehead atoms. The second-order valence-electron chi connectivity index (χ2n) is 3.52. The van der Waals surface area contributed by atoms with Crippen molar-refractivity contribution in [2.24, 2.45) is 5.73 Å². The summed E-state index contributed by atoms with van der Waals surface area (Å²) in [6.45, 7) is 3.75. The van der Waals surface area contributed by atoms with Crippen molar-refractivity contribution in [2.75, 3.05) is 19.8 Å². The van der Waals surface area contributed by atoms with Gasteiger partial charge in [0.1, 0.15) is 13.2 Å². The van der Waals surface area contributed by atoms with Crippen LogP contribution in [0.15, 0.2) is 6.07 Å². The molecule has 1 aliphatic rings. The monoisotopic (exact) mass is 227 g/mol. The minimum Gasteiger partial charge on any atom is -0.486 e. The third-order valence-corrected chi connectivity index (χ3v) is 2.88. The van der Waals surface area contributed by atoms with Gasteiger partial charge in [0.15, 0.2) is 11.5 Å². The fourth-order valence-electron chi connectivity index (χ4n) is 1.80. The molecule has 82 valence electrons. The van der Waals surface area contributed by atoms with Crippen molar-refractivity contribution >= 4 is 11.6 Å². The highest BCUT2D eigenvalue weighted by molar-refractivity contribution is 6.31. The maximum atomic E-state index is 6.15. The van der Waals surface area contributed by atoms with Crippen LogP contribution in [-0.4, -0.2) is 19.8 Å². The summed E-state index contributed by atoms with van der Waals surface area (Å²) in [5, 5.41) is 0.710. The fourth-order valence-corrected chi connectivity index (χ4v) is 2.14. The highest BCUT2D eigenvalue weighted by atomic mass is 35.5. The average molecular weight is 228 g/mol. The van der Waals surface area contributed by atoms with Crippen molar-refractivity contribution in [3.05, 3.63) is 22.2 Å². The van der Waals surface area contributed by atoms with Gasteiger partial charge in [-0.2, -0.15) is 0 Å². The molecular formula is C11H14ClNO2. The molecule has 15 heavy (non-hydrogen) atoms. The lowest BCUT2D eigenvalue weighted by Crippen LogP contribution is -2.17. The zero-order chi connectivity index (χ0) is 10.8. The van der Waals surface area contributed by atoms with Crippen LogP contribution >= 0.6 is 11.6 Å². The van der Waals surface area contributed by atoms with Gasteiger partial charge in [0.05, 0.1) is 0 Å². The van der Waals surface area contributed by atoms with Crippen molar-refractivity contribution in [2.45, 2.75) is 13.3 Å². The lowest BCUT2D eigenvalue weighted by atomic mass is 10.0. The molecule has 2 rings (SSSR count). The molecule has 0 radical (unpaired) electrons. The van der Waals surface area contributed by atoms with Crippen LogP contribution in [0.1, 0.15) is 11.1 Å². The SMILES string of the molecule is Cc1c(CCN)c(Cl)cc2c1OCCO2. The van der Waals surface area contributed by atoms with Crippen molar-refractivity contribution in [1.82, 2.24) is 0 Å². The number of ether oxygens (including phenoxy) is 2. The zero-order valence-electron chi connectivity index (χ0n) is 8.68. The van der Waals surface area contributed by atoms with Gasteiger partial charge in [-0.15, -0.1) is 0 Å². The first-order chi connectivity index (χ1) is 7.24. The van der Waals surface area contributed by atoms with Gasteiger partial charge in [0, 0.05) is 11.1 Å². The van der Waals surface area contributed by atoms with E-state index in [-0.39, 0.29) is 0 Å². The Kier molecular flexibility index (Phi) is 3.03. The van der Waals surface area contributed by atoms with E-state index in [4.69, 9.17) is 26.8 Å². The number of fused-ring (bicyclic) bond motifs is 1. The molecule has 1 aromatic rings. The third kappa shape index (κ3) is 1.90. The highest BCUT2D eigenvalue weighted by Gasteiger charge is 2.19. The van der Waals surface area contributed by atoms with Gasteiger partial charge in [-0.05, 0) is 31.0 Å². The van der Waals surface area contributed by atoms with E-state index in [0.717, 1.165) is 29.0 Å². The first-order valence-corrected chi connectivity index (χ1v) is 5.39. The summed E-state index contributed by atoms with van der Waals surface area (Å²) >= 11 is 6.15. The van der Waals surface area contributed by atoms with E-state index in [1.165, 1.54) is 0 Å². The minimum absolute atomic E-state index is 0.582. The van der Waals surface area contributed by atoms with Crippen LogP contribution < -0.4 is 15.2 Å². The van der Waals surface area contributed by atoms with E-state index < -0.39 is 0 Å². The van der Waals surface area contributed by atoms with E-state index in [9.17, 15) is 0 Å². The molecule has 0 unspecified atom stereocenters. The first-order valence-electron chi connectivity index (χ1n) is 5.01. The van der Waals surface area contributed by atoms with Crippen molar-refractivity contribution in [3.63, 3.8) is 0 Å². The van der Waals surface area contributed by atoms with Crippen LogP contribution in [-0.2, 0) is 6.42 Å². The van der Waals surface area contributed by atoms with Crippen LogP contribution in [0.5, 0.6) is 11.5 Å². The predicted octanol–water partition coefficient (Wildman–Crippen LogP) is 1.92. The average Bonchev–Trinajstić information content (AvgIpc) is 2.24. The van der Waals surface area contributed by atoms with E-state index in [1.807, 2.05) is 13.0 Å². The second-order valence-corrected chi connectivity index (χ2v) is 3.93. The standard InChI is InChI=1S/C11H14ClNO2/c1-7-8(2-3-13)9(12)6-10-11(7)15-5-4-14-10/h6H,2-5,13H2,1H3. The van der Waals surface area contributed by atoms with Crippen molar-refractivity contribution in [1.29, 1.82) is 0 Å². The van der Waals surface area contributed by atoms with E-state index >= 15 is 0 Å². The maximum absolute atomic E-state index is 6.15. The quantitative estimate of drug-likeness (QED) is 0.840. The molecule has 0 aromatic heterocycles.